The number of carbonyl (C=O) groups is 1. The van der Waals surface area contributed by atoms with Crippen LogP contribution < -0.4 is 18.9 Å². The molecule has 0 amide bonds. The van der Waals surface area contributed by atoms with Crippen LogP contribution in [0.3, 0.4) is 0 Å². The van der Waals surface area contributed by atoms with Crippen molar-refractivity contribution in [3.8, 4) is 23.0 Å². The molecule has 0 spiro atoms. The van der Waals surface area contributed by atoms with Gasteiger partial charge in [-0.2, -0.15) is 0 Å². The van der Waals surface area contributed by atoms with Crippen LogP contribution in [0.15, 0.2) is 36.4 Å². The summed E-state index contributed by atoms with van der Waals surface area (Å²) in [7, 11) is 3.07. The van der Waals surface area contributed by atoms with Gasteiger partial charge in [-0.15, -0.1) is 0 Å². The molecule has 0 fully saturated rings. The van der Waals surface area contributed by atoms with Crippen molar-refractivity contribution in [3.05, 3.63) is 47.5 Å². The summed E-state index contributed by atoms with van der Waals surface area (Å²) in [5.41, 5.74) is 1.35. The third kappa shape index (κ3) is 2.99. The summed E-state index contributed by atoms with van der Waals surface area (Å²) >= 11 is 0. The highest BCUT2D eigenvalue weighted by Gasteiger charge is 2.18. The summed E-state index contributed by atoms with van der Waals surface area (Å²) in [5, 5.41) is 9.57. The molecule has 124 valence electrons. The predicted octanol–water partition coefficient (Wildman–Crippen LogP) is 3.06. The Morgan fingerprint density at radius 2 is 1.79 bits per heavy atom. The molecule has 0 bridgehead atoms. The minimum Gasteiger partial charge on any atom is -0.493 e. The van der Waals surface area contributed by atoms with Gasteiger partial charge in [0.05, 0.1) is 19.8 Å². The van der Waals surface area contributed by atoms with Gasteiger partial charge in [-0.05, 0) is 41.5 Å². The van der Waals surface area contributed by atoms with E-state index in [9.17, 15) is 9.90 Å². The molecule has 3 rings (SSSR count). The second-order valence-corrected chi connectivity index (χ2v) is 5.05. The van der Waals surface area contributed by atoms with Crippen molar-refractivity contribution in [1.29, 1.82) is 0 Å². The number of rotatable bonds is 5. The number of carboxylic acid groups (broad SMARTS) is 1. The highest BCUT2D eigenvalue weighted by Crippen LogP contribution is 2.35. The van der Waals surface area contributed by atoms with Gasteiger partial charge in [0, 0.05) is 0 Å². The molecule has 1 aliphatic rings. The van der Waals surface area contributed by atoms with Crippen LogP contribution in [0.25, 0.3) is 11.6 Å². The lowest BCUT2D eigenvalue weighted by molar-refractivity contribution is -0.130. The smallest absolute Gasteiger partial charge is 0.336 e. The van der Waals surface area contributed by atoms with E-state index in [0.717, 1.165) is 0 Å². The summed E-state index contributed by atoms with van der Waals surface area (Å²) in [4.78, 5) is 11.7. The molecule has 0 saturated carbocycles. The van der Waals surface area contributed by atoms with Crippen molar-refractivity contribution in [2.45, 2.75) is 0 Å². The Hall–Kier alpha value is -3.15. The van der Waals surface area contributed by atoms with E-state index in [1.54, 1.807) is 49.6 Å². The number of ether oxygens (including phenoxy) is 4. The lowest BCUT2D eigenvalue weighted by atomic mass is 10.0. The molecule has 2 aromatic rings. The van der Waals surface area contributed by atoms with E-state index in [4.69, 9.17) is 18.9 Å². The van der Waals surface area contributed by atoms with Crippen LogP contribution in [0.2, 0.25) is 0 Å². The van der Waals surface area contributed by atoms with E-state index < -0.39 is 5.97 Å². The van der Waals surface area contributed by atoms with E-state index in [1.807, 2.05) is 0 Å². The van der Waals surface area contributed by atoms with Crippen LogP contribution in [0.1, 0.15) is 11.1 Å². The Labute approximate surface area is 138 Å². The maximum atomic E-state index is 11.7. The SMILES string of the molecule is COc1ccc(/C=C(/C(=O)O)c2ccc3c(c2)OCO3)cc1OC. The lowest BCUT2D eigenvalue weighted by Gasteiger charge is -2.09. The molecule has 1 heterocycles. The van der Waals surface area contributed by atoms with Crippen molar-refractivity contribution in [1.82, 2.24) is 0 Å². The predicted molar refractivity (Wildman–Crippen MR) is 87.6 cm³/mol. The molecule has 6 nitrogen and oxygen atoms in total. The third-order valence-electron chi connectivity index (χ3n) is 3.63. The second-order valence-electron chi connectivity index (χ2n) is 5.05. The zero-order valence-electron chi connectivity index (χ0n) is 13.2. The number of hydrogen-bond donors (Lipinski definition) is 1. The number of hydrogen-bond acceptors (Lipinski definition) is 5. The second kappa shape index (κ2) is 6.54. The van der Waals surface area contributed by atoms with E-state index in [2.05, 4.69) is 0 Å². The van der Waals surface area contributed by atoms with Crippen molar-refractivity contribution < 1.29 is 28.8 Å². The molecule has 0 radical (unpaired) electrons. The Balaban J connectivity index is 2.02. The molecule has 0 unspecified atom stereocenters. The number of benzene rings is 2. The van der Waals surface area contributed by atoms with Crippen LogP contribution in [-0.2, 0) is 4.79 Å². The van der Waals surface area contributed by atoms with E-state index in [-0.39, 0.29) is 12.4 Å². The van der Waals surface area contributed by atoms with E-state index >= 15 is 0 Å². The van der Waals surface area contributed by atoms with Gasteiger partial charge in [0.25, 0.3) is 0 Å². The van der Waals surface area contributed by atoms with Crippen molar-refractivity contribution in [2.75, 3.05) is 21.0 Å². The molecule has 0 saturated heterocycles. The standard InChI is InChI=1S/C18H16O6/c1-21-14-5-3-11(8-16(14)22-2)7-13(18(19)20)12-4-6-15-17(9-12)24-10-23-15/h3-9H,10H2,1-2H3,(H,19,20)/b13-7+. The van der Waals surface area contributed by atoms with Crippen LogP contribution in [0.4, 0.5) is 0 Å². The average molecular weight is 328 g/mol. The summed E-state index contributed by atoms with van der Waals surface area (Å²) in [6.07, 6.45) is 1.57. The normalized spacial score (nSPS) is 12.8. The number of methoxy groups -OCH3 is 2. The van der Waals surface area contributed by atoms with Gasteiger partial charge in [0.1, 0.15) is 0 Å². The first-order valence-electron chi connectivity index (χ1n) is 7.19. The molecule has 1 N–H and O–H groups in total. The zero-order chi connectivity index (χ0) is 17.1. The van der Waals surface area contributed by atoms with Crippen LogP contribution in [-0.4, -0.2) is 32.1 Å². The molecule has 2 aromatic carbocycles. The zero-order valence-corrected chi connectivity index (χ0v) is 13.2. The molecule has 1 aliphatic heterocycles. The monoisotopic (exact) mass is 328 g/mol. The maximum Gasteiger partial charge on any atom is 0.336 e. The largest absolute Gasteiger partial charge is 0.493 e. The van der Waals surface area contributed by atoms with Gasteiger partial charge in [-0.25, -0.2) is 4.79 Å². The van der Waals surface area contributed by atoms with Crippen LogP contribution in [0.5, 0.6) is 23.0 Å². The van der Waals surface area contributed by atoms with Crippen molar-refractivity contribution in [2.24, 2.45) is 0 Å². The van der Waals surface area contributed by atoms with Gasteiger partial charge in [-0.3, -0.25) is 0 Å². The number of aliphatic carboxylic acids is 1. The molecule has 6 heteroatoms. The summed E-state index contributed by atoms with van der Waals surface area (Å²) in [6, 6.07) is 10.2. The summed E-state index contributed by atoms with van der Waals surface area (Å²) in [5.74, 6) is 1.21. The van der Waals surface area contributed by atoms with E-state index in [0.29, 0.717) is 34.1 Å². The molecular weight excluding hydrogens is 312 g/mol. The Bertz CT molecular complexity index is 809. The lowest BCUT2D eigenvalue weighted by Crippen LogP contribution is -2.00. The molecule has 0 aromatic heterocycles. The maximum absolute atomic E-state index is 11.7. The minimum atomic E-state index is -1.04. The average Bonchev–Trinajstić information content (AvgIpc) is 3.06. The quantitative estimate of drug-likeness (QED) is 0.672. The van der Waals surface area contributed by atoms with Crippen LogP contribution in [0, 0.1) is 0 Å². The Kier molecular flexibility index (Phi) is 4.29. The third-order valence-corrected chi connectivity index (χ3v) is 3.63. The van der Waals surface area contributed by atoms with Gasteiger partial charge >= 0.3 is 5.97 Å². The minimum absolute atomic E-state index is 0.139. The first-order valence-corrected chi connectivity index (χ1v) is 7.19. The number of carboxylic acids is 1. The van der Waals surface area contributed by atoms with E-state index in [1.165, 1.54) is 7.11 Å². The van der Waals surface area contributed by atoms with Gasteiger partial charge in [0.2, 0.25) is 6.79 Å². The number of fused-ring (bicyclic) bond motifs is 1. The topological polar surface area (TPSA) is 74.2 Å². The first kappa shape index (κ1) is 15.7. The molecular formula is C18H16O6. The first-order chi connectivity index (χ1) is 11.6. The Morgan fingerprint density at radius 1 is 1.04 bits per heavy atom. The van der Waals surface area contributed by atoms with Crippen LogP contribution >= 0.6 is 0 Å². The van der Waals surface area contributed by atoms with Crippen molar-refractivity contribution >= 4 is 17.6 Å². The van der Waals surface area contributed by atoms with Gasteiger partial charge < -0.3 is 24.1 Å². The van der Waals surface area contributed by atoms with Gasteiger partial charge in [0.15, 0.2) is 23.0 Å². The molecule has 0 aliphatic carbocycles. The van der Waals surface area contributed by atoms with Crippen molar-refractivity contribution in [3.63, 3.8) is 0 Å². The highest BCUT2D eigenvalue weighted by molar-refractivity contribution is 6.20. The Morgan fingerprint density at radius 3 is 2.50 bits per heavy atom. The fourth-order valence-corrected chi connectivity index (χ4v) is 2.44. The summed E-state index contributed by atoms with van der Waals surface area (Å²) < 4.78 is 21.0. The summed E-state index contributed by atoms with van der Waals surface area (Å²) in [6.45, 7) is 0.139. The fourth-order valence-electron chi connectivity index (χ4n) is 2.44. The van der Waals surface area contributed by atoms with Gasteiger partial charge in [-0.1, -0.05) is 12.1 Å². The molecule has 0 atom stereocenters. The fraction of sp³-hybridized carbons (Fsp3) is 0.167. The molecule has 24 heavy (non-hydrogen) atoms. The highest BCUT2D eigenvalue weighted by atomic mass is 16.7.